The van der Waals surface area contributed by atoms with Gasteiger partial charge in [0.2, 0.25) is 6.79 Å². The average Bonchev–Trinajstić information content (AvgIpc) is 3.13. The lowest BCUT2D eigenvalue weighted by atomic mass is 10.0. The quantitative estimate of drug-likeness (QED) is 0.788. The van der Waals surface area contributed by atoms with Gasteiger partial charge in [-0.15, -0.1) is 0 Å². The third-order valence-corrected chi connectivity index (χ3v) is 4.42. The summed E-state index contributed by atoms with van der Waals surface area (Å²) in [5, 5.41) is 2.81. The first-order valence-electron chi connectivity index (χ1n) is 8.90. The van der Waals surface area contributed by atoms with Gasteiger partial charge < -0.3 is 19.5 Å². The lowest BCUT2D eigenvalue weighted by molar-refractivity contribution is -0.124. The highest BCUT2D eigenvalue weighted by molar-refractivity contribution is 5.91. The van der Waals surface area contributed by atoms with Gasteiger partial charge in [-0.1, -0.05) is 32.0 Å². The van der Waals surface area contributed by atoms with Crippen LogP contribution in [-0.2, 0) is 9.53 Å². The monoisotopic (exact) mass is 369 g/mol. The lowest BCUT2D eigenvalue weighted by Gasteiger charge is -2.15. The van der Waals surface area contributed by atoms with E-state index in [0.29, 0.717) is 23.0 Å². The molecule has 3 rings (SSSR count). The summed E-state index contributed by atoms with van der Waals surface area (Å²) in [6.07, 6.45) is 0. The van der Waals surface area contributed by atoms with Crippen LogP contribution in [0.25, 0.3) is 0 Å². The number of carbonyl (C=O) groups is 2. The Balaban J connectivity index is 1.50. The minimum Gasteiger partial charge on any atom is -0.454 e. The van der Waals surface area contributed by atoms with Gasteiger partial charge in [0.25, 0.3) is 5.91 Å². The molecule has 0 aliphatic carbocycles. The molecule has 1 aliphatic rings. The number of esters is 1. The van der Waals surface area contributed by atoms with Crippen LogP contribution in [0.15, 0.2) is 42.5 Å². The average molecular weight is 369 g/mol. The van der Waals surface area contributed by atoms with Crippen LogP contribution >= 0.6 is 0 Å². The molecule has 0 aromatic heterocycles. The van der Waals surface area contributed by atoms with Crippen LogP contribution in [0.3, 0.4) is 0 Å². The van der Waals surface area contributed by atoms with Crippen molar-refractivity contribution in [3.63, 3.8) is 0 Å². The maximum absolute atomic E-state index is 12.1. The summed E-state index contributed by atoms with van der Waals surface area (Å²) >= 11 is 0. The minimum atomic E-state index is -0.517. The smallest absolute Gasteiger partial charge is 0.338 e. The van der Waals surface area contributed by atoms with E-state index in [0.717, 1.165) is 11.1 Å². The van der Waals surface area contributed by atoms with Crippen LogP contribution in [0.1, 0.15) is 54.2 Å². The molecule has 0 fully saturated rings. The summed E-state index contributed by atoms with van der Waals surface area (Å²) in [6.45, 7) is 5.88. The predicted octanol–water partition coefficient (Wildman–Crippen LogP) is 3.57. The van der Waals surface area contributed by atoms with Gasteiger partial charge in [-0.25, -0.2) is 4.79 Å². The minimum absolute atomic E-state index is 0.202. The zero-order chi connectivity index (χ0) is 19.4. The molecule has 0 saturated carbocycles. The molecule has 2 aromatic carbocycles. The first-order chi connectivity index (χ1) is 12.9. The van der Waals surface area contributed by atoms with Gasteiger partial charge in [-0.2, -0.15) is 0 Å². The molecule has 6 heteroatoms. The third kappa shape index (κ3) is 4.58. The van der Waals surface area contributed by atoms with E-state index in [1.54, 1.807) is 18.2 Å². The Hall–Kier alpha value is -3.02. The summed E-state index contributed by atoms with van der Waals surface area (Å²) in [4.78, 5) is 24.2. The van der Waals surface area contributed by atoms with Crippen molar-refractivity contribution in [2.24, 2.45) is 0 Å². The van der Waals surface area contributed by atoms with E-state index < -0.39 is 5.97 Å². The number of hydrogen-bond donors (Lipinski definition) is 1. The van der Waals surface area contributed by atoms with E-state index >= 15 is 0 Å². The first kappa shape index (κ1) is 18.8. The van der Waals surface area contributed by atoms with E-state index in [1.165, 1.54) is 0 Å². The Morgan fingerprint density at radius 1 is 1.00 bits per heavy atom. The largest absolute Gasteiger partial charge is 0.454 e. The molecule has 6 nitrogen and oxygen atoms in total. The van der Waals surface area contributed by atoms with Gasteiger partial charge in [0.1, 0.15) is 0 Å². The number of amides is 1. The fourth-order valence-electron chi connectivity index (χ4n) is 2.77. The summed E-state index contributed by atoms with van der Waals surface area (Å²) in [6, 6.07) is 12.5. The van der Waals surface area contributed by atoms with Crippen LogP contribution in [0, 0.1) is 0 Å². The van der Waals surface area contributed by atoms with Gasteiger partial charge in [-0.3, -0.25) is 4.79 Å². The van der Waals surface area contributed by atoms with Crippen molar-refractivity contribution in [3.05, 3.63) is 59.2 Å². The van der Waals surface area contributed by atoms with Crippen molar-refractivity contribution in [2.45, 2.75) is 32.7 Å². The molecule has 1 amide bonds. The van der Waals surface area contributed by atoms with Gasteiger partial charge in [0.05, 0.1) is 11.6 Å². The molecule has 0 saturated heterocycles. The molecular formula is C21H23NO5. The van der Waals surface area contributed by atoms with Crippen molar-refractivity contribution >= 4 is 11.9 Å². The van der Waals surface area contributed by atoms with Crippen LogP contribution in [-0.4, -0.2) is 25.3 Å². The highest BCUT2D eigenvalue weighted by Gasteiger charge is 2.17. The molecule has 0 radical (unpaired) electrons. The molecule has 2 aromatic rings. The number of nitrogens with one attached hydrogen (secondary N) is 1. The number of ether oxygens (including phenoxy) is 3. The Morgan fingerprint density at radius 3 is 2.37 bits per heavy atom. The van der Waals surface area contributed by atoms with Crippen molar-refractivity contribution < 1.29 is 23.8 Å². The third-order valence-electron chi connectivity index (χ3n) is 4.42. The van der Waals surface area contributed by atoms with Crippen molar-refractivity contribution in [1.82, 2.24) is 5.32 Å². The zero-order valence-corrected chi connectivity index (χ0v) is 15.7. The van der Waals surface area contributed by atoms with Gasteiger partial charge in [0, 0.05) is 0 Å². The molecule has 1 atom stereocenters. The molecule has 1 heterocycles. The summed E-state index contributed by atoms with van der Waals surface area (Å²) in [5.74, 6) is 0.849. The Kier molecular flexibility index (Phi) is 5.64. The summed E-state index contributed by atoms with van der Waals surface area (Å²) < 4.78 is 15.7. The highest BCUT2D eigenvalue weighted by atomic mass is 16.7. The van der Waals surface area contributed by atoms with E-state index in [1.807, 2.05) is 31.2 Å². The second kappa shape index (κ2) is 8.12. The molecule has 0 bridgehead atoms. The standard InChI is InChI=1S/C21H23NO5/c1-13(2)15-4-6-16(7-5-15)21(24)25-11-20(23)22-14(3)17-8-9-18-19(10-17)27-12-26-18/h4-10,13-14H,11-12H2,1-3H3,(H,22,23). The maximum Gasteiger partial charge on any atom is 0.338 e. The molecule has 142 valence electrons. The molecular weight excluding hydrogens is 346 g/mol. The summed E-state index contributed by atoms with van der Waals surface area (Å²) in [5.41, 5.74) is 2.45. The Bertz CT molecular complexity index is 829. The molecule has 1 aliphatic heterocycles. The number of carbonyl (C=O) groups excluding carboxylic acids is 2. The van der Waals surface area contributed by atoms with E-state index in [4.69, 9.17) is 14.2 Å². The Labute approximate surface area is 158 Å². The van der Waals surface area contributed by atoms with Crippen LogP contribution in [0.4, 0.5) is 0 Å². The van der Waals surface area contributed by atoms with Crippen LogP contribution < -0.4 is 14.8 Å². The van der Waals surface area contributed by atoms with Crippen LogP contribution in [0.2, 0.25) is 0 Å². The zero-order valence-electron chi connectivity index (χ0n) is 15.7. The van der Waals surface area contributed by atoms with E-state index in [-0.39, 0.29) is 25.3 Å². The molecule has 27 heavy (non-hydrogen) atoms. The number of rotatable bonds is 6. The second-order valence-corrected chi connectivity index (χ2v) is 6.75. The van der Waals surface area contributed by atoms with Gasteiger partial charge in [0.15, 0.2) is 18.1 Å². The fraction of sp³-hybridized carbons (Fsp3) is 0.333. The first-order valence-corrected chi connectivity index (χ1v) is 8.90. The maximum atomic E-state index is 12.1. The number of benzene rings is 2. The molecule has 1 unspecified atom stereocenters. The molecule has 1 N–H and O–H groups in total. The normalized spacial score (nSPS) is 13.3. The van der Waals surface area contributed by atoms with E-state index in [9.17, 15) is 9.59 Å². The number of hydrogen-bond acceptors (Lipinski definition) is 5. The highest BCUT2D eigenvalue weighted by Crippen LogP contribution is 2.34. The van der Waals surface area contributed by atoms with Crippen molar-refractivity contribution in [2.75, 3.05) is 13.4 Å². The summed E-state index contributed by atoms with van der Waals surface area (Å²) in [7, 11) is 0. The van der Waals surface area contributed by atoms with Gasteiger partial charge >= 0.3 is 5.97 Å². The Morgan fingerprint density at radius 2 is 1.67 bits per heavy atom. The predicted molar refractivity (Wildman–Crippen MR) is 99.9 cm³/mol. The van der Waals surface area contributed by atoms with Gasteiger partial charge in [-0.05, 0) is 48.2 Å². The topological polar surface area (TPSA) is 73.9 Å². The van der Waals surface area contributed by atoms with Crippen molar-refractivity contribution in [3.8, 4) is 11.5 Å². The second-order valence-electron chi connectivity index (χ2n) is 6.75. The van der Waals surface area contributed by atoms with Crippen LogP contribution in [0.5, 0.6) is 11.5 Å². The number of fused-ring (bicyclic) bond motifs is 1. The lowest BCUT2D eigenvalue weighted by Crippen LogP contribution is -2.31. The van der Waals surface area contributed by atoms with E-state index in [2.05, 4.69) is 19.2 Å². The molecule has 0 spiro atoms. The fourth-order valence-corrected chi connectivity index (χ4v) is 2.77. The SMILES string of the molecule is CC(C)c1ccc(C(=O)OCC(=O)NC(C)c2ccc3c(c2)OCO3)cc1. The van der Waals surface area contributed by atoms with Crippen molar-refractivity contribution in [1.29, 1.82) is 0 Å².